The largest absolute Gasteiger partial charge is 0.355 e. The molecule has 2 atom stereocenters. The summed E-state index contributed by atoms with van der Waals surface area (Å²) in [5.41, 5.74) is 1.14. The van der Waals surface area contributed by atoms with Crippen LogP contribution in [0.25, 0.3) is 0 Å². The molecule has 4 nitrogen and oxygen atoms in total. The number of hydrogen-bond acceptors (Lipinski definition) is 3. The number of carbonyl (C=O) groups excluding carboxylic acids is 1. The predicted octanol–water partition coefficient (Wildman–Crippen LogP) is 2.43. The topological polar surface area (TPSA) is 54.0 Å². The summed E-state index contributed by atoms with van der Waals surface area (Å²) in [4.78, 5) is 15.9. The summed E-state index contributed by atoms with van der Waals surface area (Å²) in [5.74, 6) is 0.0667. The highest BCUT2D eigenvalue weighted by Crippen LogP contribution is 2.10. The molecule has 0 aliphatic heterocycles. The van der Waals surface area contributed by atoms with Gasteiger partial charge < -0.3 is 5.32 Å². The lowest BCUT2D eigenvalue weighted by atomic mass is 10.1. The molecule has 0 aliphatic rings. The highest BCUT2D eigenvalue weighted by Gasteiger charge is 2.15. The Hall–Kier alpha value is -1.42. The minimum Gasteiger partial charge on any atom is -0.355 e. The third-order valence-electron chi connectivity index (χ3n) is 3.18. The molecule has 0 aromatic carbocycles. The molecule has 1 rings (SSSR count). The van der Waals surface area contributed by atoms with Gasteiger partial charge in [0.05, 0.1) is 6.04 Å². The zero-order valence-electron chi connectivity index (χ0n) is 12.1. The number of pyridine rings is 1. The maximum atomic E-state index is 11.9. The average molecular weight is 263 g/mol. The minimum absolute atomic E-state index is 0.0667. The van der Waals surface area contributed by atoms with Gasteiger partial charge in [-0.2, -0.15) is 0 Å². The maximum absolute atomic E-state index is 11.9. The fourth-order valence-corrected chi connectivity index (χ4v) is 1.94. The van der Waals surface area contributed by atoms with E-state index in [1.807, 2.05) is 19.1 Å². The molecule has 1 unspecified atom stereocenters. The number of hydrogen-bond donors (Lipinski definition) is 2. The fraction of sp³-hybridized carbons (Fsp3) is 0.600. The molecule has 4 heteroatoms. The van der Waals surface area contributed by atoms with Gasteiger partial charge in [0.15, 0.2) is 0 Å². The fourth-order valence-electron chi connectivity index (χ4n) is 1.94. The van der Waals surface area contributed by atoms with Gasteiger partial charge >= 0.3 is 0 Å². The number of carbonyl (C=O) groups is 1. The third-order valence-corrected chi connectivity index (χ3v) is 3.18. The summed E-state index contributed by atoms with van der Waals surface area (Å²) in [6.45, 7) is 6.87. The summed E-state index contributed by atoms with van der Waals surface area (Å²) < 4.78 is 0. The van der Waals surface area contributed by atoms with Gasteiger partial charge in [-0.15, -0.1) is 0 Å². The Labute approximate surface area is 116 Å². The second-order valence-electron chi connectivity index (χ2n) is 4.89. The van der Waals surface area contributed by atoms with Crippen molar-refractivity contribution in [3.05, 3.63) is 30.1 Å². The number of amides is 1. The second-order valence-corrected chi connectivity index (χ2v) is 4.89. The van der Waals surface area contributed by atoms with Crippen molar-refractivity contribution in [2.24, 2.45) is 0 Å². The van der Waals surface area contributed by atoms with E-state index in [1.165, 1.54) is 6.42 Å². The Morgan fingerprint density at radius 3 is 2.58 bits per heavy atom. The van der Waals surface area contributed by atoms with Crippen molar-refractivity contribution < 1.29 is 4.79 Å². The first kappa shape index (κ1) is 15.6. The molecular weight excluding hydrogens is 238 g/mol. The van der Waals surface area contributed by atoms with Crippen LogP contribution in [0.5, 0.6) is 0 Å². The molecule has 0 radical (unpaired) electrons. The lowest BCUT2D eigenvalue weighted by Crippen LogP contribution is -2.43. The third kappa shape index (κ3) is 5.83. The van der Waals surface area contributed by atoms with Gasteiger partial charge in [0.2, 0.25) is 5.91 Å². The van der Waals surface area contributed by atoms with E-state index in [0.29, 0.717) is 0 Å². The minimum atomic E-state index is -0.190. The Morgan fingerprint density at radius 1 is 1.26 bits per heavy atom. The highest BCUT2D eigenvalue weighted by molar-refractivity contribution is 5.81. The van der Waals surface area contributed by atoms with Crippen molar-refractivity contribution in [3.63, 3.8) is 0 Å². The molecule has 1 amide bonds. The molecule has 0 spiro atoms. The van der Waals surface area contributed by atoms with Crippen LogP contribution in [0, 0.1) is 0 Å². The van der Waals surface area contributed by atoms with Gasteiger partial charge in [-0.1, -0.05) is 19.8 Å². The molecule has 2 N–H and O–H groups in total. The van der Waals surface area contributed by atoms with Gasteiger partial charge in [-0.25, -0.2) is 0 Å². The van der Waals surface area contributed by atoms with E-state index in [2.05, 4.69) is 29.5 Å². The monoisotopic (exact) mass is 263 g/mol. The highest BCUT2D eigenvalue weighted by atomic mass is 16.2. The van der Waals surface area contributed by atoms with Crippen LogP contribution in [0.2, 0.25) is 0 Å². The second kappa shape index (κ2) is 8.64. The van der Waals surface area contributed by atoms with E-state index in [4.69, 9.17) is 0 Å². The van der Waals surface area contributed by atoms with E-state index in [9.17, 15) is 4.79 Å². The van der Waals surface area contributed by atoms with Gasteiger partial charge in [0.25, 0.3) is 0 Å². The van der Waals surface area contributed by atoms with Crippen molar-refractivity contribution in [1.82, 2.24) is 15.6 Å². The average Bonchev–Trinajstić information content (AvgIpc) is 2.44. The Balaban J connectivity index is 2.33. The molecule has 0 saturated carbocycles. The predicted molar refractivity (Wildman–Crippen MR) is 77.8 cm³/mol. The molecule has 0 aliphatic carbocycles. The molecule has 19 heavy (non-hydrogen) atoms. The number of unbranched alkanes of at least 4 members (excludes halogenated alkanes) is 2. The lowest BCUT2D eigenvalue weighted by Gasteiger charge is -2.19. The standard InChI is InChI=1S/C15H25N3O/c1-4-5-6-9-17-15(19)13(3)18-12(2)14-7-10-16-11-8-14/h7-8,10-13,18H,4-6,9H2,1-3H3,(H,17,19)/t12-,13?/m1/s1. The maximum Gasteiger partial charge on any atom is 0.236 e. The Kier molecular flexibility index (Phi) is 7.11. The summed E-state index contributed by atoms with van der Waals surface area (Å²) >= 11 is 0. The van der Waals surface area contributed by atoms with Crippen LogP contribution in [0.4, 0.5) is 0 Å². The van der Waals surface area contributed by atoms with Crippen molar-refractivity contribution in [2.45, 2.75) is 52.1 Å². The van der Waals surface area contributed by atoms with Gasteiger partial charge in [-0.05, 0) is 38.0 Å². The van der Waals surface area contributed by atoms with Crippen LogP contribution in [-0.4, -0.2) is 23.5 Å². The van der Waals surface area contributed by atoms with Crippen LogP contribution in [0.15, 0.2) is 24.5 Å². The van der Waals surface area contributed by atoms with Crippen LogP contribution >= 0.6 is 0 Å². The van der Waals surface area contributed by atoms with E-state index < -0.39 is 0 Å². The molecule has 0 bridgehead atoms. The number of nitrogens with one attached hydrogen (secondary N) is 2. The first-order valence-electron chi connectivity index (χ1n) is 7.08. The SMILES string of the molecule is CCCCCNC(=O)C(C)N[C@H](C)c1ccncc1. The van der Waals surface area contributed by atoms with Gasteiger partial charge in [-0.3, -0.25) is 15.1 Å². The molecular formula is C15H25N3O. The van der Waals surface area contributed by atoms with Gasteiger partial charge in [0, 0.05) is 25.0 Å². The first-order chi connectivity index (χ1) is 9.15. The smallest absolute Gasteiger partial charge is 0.236 e. The molecule has 1 heterocycles. The number of rotatable bonds is 8. The normalized spacial score (nSPS) is 13.8. The van der Waals surface area contributed by atoms with Crippen molar-refractivity contribution >= 4 is 5.91 Å². The van der Waals surface area contributed by atoms with E-state index in [1.54, 1.807) is 12.4 Å². The summed E-state index contributed by atoms with van der Waals surface area (Å²) in [6, 6.07) is 3.87. The van der Waals surface area contributed by atoms with E-state index in [0.717, 1.165) is 24.9 Å². The van der Waals surface area contributed by atoms with E-state index >= 15 is 0 Å². The summed E-state index contributed by atoms with van der Waals surface area (Å²) in [6.07, 6.45) is 6.92. The quantitative estimate of drug-likeness (QED) is 0.708. The lowest BCUT2D eigenvalue weighted by molar-refractivity contribution is -0.122. The van der Waals surface area contributed by atoms with Crippen LogP contribution in [0.3, 0.4) is 0 Å². The first-order valence-corrected chi connectivity index (χ1v) is 7.08. The van der Waals surface area contributed by atoms with Gasteiger partial charge in [0.1, 0.15) is 0 Å². The Morgan fingerprint density at radius 2 is 1.95 bits per heavy atom. The van der Waals surface area contributed by atoms with Crippen LogP contribution in [-0.2, 0) is 4.79 Å². The molecule has 0 saturated heterocycles. The summed E-state index contributed by atoms with van der Waals surface area (Å²) in [7, 11) is 0. The van der Waals surface area contributed by atoms with Crippen molar-refractivity contribution in [2.75, 3.05) is 6.54 Å². The molecule has 1 aromatic rings. The van der Waals surface area contributed by atoms with Crippen molar-refractivity contribution in [3.8, 4) is 0 Å². The number of aromatic nitrogens is 1. The molecule has 106 valence electrons. The zero-order valence-corrected chi connectivity index (χ0v) is 12.1. The summed E-state index contributed by atoms with van der Waals surface area (Å²) in [5, 5.41) is 6.26. The van der Waals surface area contributed by atoms with Crippen LogP contribution < -0.4 is 10.6 Å². The van der Waals surface area contributed by atoms with E-state index in [-0.39, 0.29) is 18.0 Å². The molecule has 1 aromatic heterocycles. The zero-order chi connectivity index (χ0) is 14.1. The number of nitrogens with zero attached hydrogens (tertiary/aromatic N) is 1. The van der Waals surface area contributed by atoms with Crippen molar-refractivity contribution in [1.29, 1.82) is 0 Å². The van der Waals surface area contributed by atoms with Crippen LogP contribution in [0.1, 0.15) is 51.6 Å². The Bertz CT molecular complexity index is 367. The molecule has 0 fully saturated rings.